The number of hydrogen-bond donors (Lipinski definition) is 1. The van der Waals surface area contributed by atoms with Crippen LogP contribution in [0.1, 0.15) is 36.0 Å². The van der Waals surface area contributed by atoms with E-state index in [1.165, 1.54) is 12.1 Å². The Bertz CT molecular complexity index is 1320. The summed E-state index contributed by atoms with van der Waals surface area (Å²) in [6, 6.07) is 4.88. The molecule has 2 aromatic rings. The highest BCUT2D eigenvalue weighted by Gasteiger charge is 2.58. The molecule has 2 bridgehead atoms. The quantitative estimate of drug-likeness (QED) is 0.570. The van der Waals surface area contributed by atoms with Crippen LogP contribution in [0, 0.1) is 29.3 Å². The molecular weight excluding hydrogens is 531 g/mol. The van der Waals surface area contributed by atoms with Gasteiger partial charge in [-0.05, 0) is 55.7 Å². The van der Waals surface area contributed by atoms with E-state index in [0.717, 1.165) is 6.07 Å². The second-order valence-electron chi connectivity index (χ2n) is 9.10. The first kappa shape index (κ1) is 24.7. The van der Waals surface area contributed by atoms with Crippen LogP contribution in [0.25, 0.3) is 0 Å². The molecule has 1 amide bonds. The van der Waals surface area contributed by atoms with Crippen molar-refractivity contribution in [3.05, 3.63) is 58.4 Å². The predicted octanol–water partition coefficient (Wildman–Crippen LogP) is 4.34. The van der Waals surface area contributed by atoms with Crippen LogP contribution in [-0.2, 0) is 29.6 Å². The summed E-state index contributed by atoms with van der Waals surface area (Å²) in [7, 11) is -3.99. The summed E-state index contributed by atoms with van der Waals surface area (Å²) in [5.41, 5.74) is -1.22. The van der Waals surface area contributed by atoms with E-state index >= 15 is 0 Å². The summed E-state index contributed by atoms with van der Waals surface area (Å²) in [6.07, 6.45) is 2.04. The number of anilines is 1. The number of nitrogens with one attached hydrogen (secondary N) is 1. The maximum Gasteiger partial charge on any atom is 0.305 e. The van der Waals surface area contributed by atoms with Crippen LogP contribution >= 0.6 is 11.6 Å². The topological polar surface area (TPSA) is 98.8 Å². The fourth-order valence-electron chi connectivity index (χ4n) is 5.50. The molecule has 7 nitrogen and oxygen atoms in total. The third-order valence-corrected chi connectivity index (χ3v) is 10.5. The van der Waals surface area contributed by atoms with Crippen LogP contribution in [0.2, 0.25) is 5.02 Å². The van der Waals surface area contributed by atoms with Gasteiger partial charge in [0.25, 0.3) is 5.91 Å². The fourth-order valence-corrected chi connectivity index (χ4v) is 9.17. The Kier molecular flexibility index (Phi) is 6.24. The van der Waals surface area contributed by atoms with Crippen LogP contribution in [0.3, 0.4) is 0 Å². The molecule has 1 spiro atoms. The Morgan fingerprint density at radius 2 is 1.71 bits per heavy atom. The number of rotatable bonds is 4. The number of hydrogen-bond acceptors (Lipinski definition) is 6. The maximum absolute atomic E-state index is 13.7. The molecule has 4 unspecified atom stereocenters. The van der Waals surface area contributed by atoms with E-state index in [4.69, 9.17) is 20.0 Å². The smallest absolute Gasteiger partial charge is 0.305 e. The number of carbonyl (C=O) groups excluding carboxylic acids is 1. The predicted molar refractivity (Wildman–Crippen MR) is 120 cm³/mol. The zero-order valence-corrected chi connectivity index (χ0v) is 20.3. The lowest BCUT2D eigenvalue weighted by molar-refractivity contribution is 0.0272. The molecule has 13 heteroatoms. The number of carbonyl (C=O) groups is 1. The molecule has 1 saturated heterocycles. The van der Waals surface area contributed by atoms with Gasteiger partial charge in [0.2, 0.25) is 0 Å². The van der Waals surface area contributed by atoms with Crippen molar-refractivity contribution in [1.29, 1.82) is 0 Å². The van der Waals surface area contributed by atoms with Gasteiger partial charge in [-0.2, -0.15) is 4.21 Å². The summed E-state index contributed by atoms with van der Waals surface area (Å²) in [6.45, 7) is 0.139. The van der Waals surface area contributed by atoms with Crippen molar-refractivity contribution in [1.82, 2.24) is 0 Å². The Morgan fingerprint density at radius 1 is 1.09 bits per heavy atom. The molecule has 1 N–H and O–H groups in total. The average molecular weight is 550 g/mol. The van der Waals surface area contributed by atoms with Crippen LogP contribution in [0.5, 0.6) is 0 Å². The maximum atomic E-state index is 13.7. The molecule has 3 fully saturated rings. The van der Waals surface area contributed by atoms with E-state index in [2.05, 4.69) is 5.32 Å². The van der Waals surface area contributed by atoms with Gasteiger partial charge in [0.05, 0.1) is 21.8 Å². The van der Waals surface area contributed by atoms with E-state index in [0.29, 0.717) is 37.8 Å². The molecular formula is C22H19ClF3NO6S2. The normalized spacial score (nSPS) is 30.1. The van der Waals surface area contributed by atoms with E-state index in [1.54, 1.807) is 0 Å². The third kappa shape index (κ3) is 4.39. The van der Waals surface area contributed by atoms with Gasteiger partial charge < -0.3 is 5.32 Å². The number of benzene rings is 2. The Morgan fingerprint density at radius 3 is 2.29 bits per heavy atom. The molecule has 2 aliphatic carbocycles. The first-order valence-electron chi connectivity index (χ1n) is 10.7. The van der Waals surface area contributed by atoms with Crippen molar-refractivity contribution in [2.75, 3.05) is 11.9 Å². The fraction of sp³-hybridized carbons (Fsp3) is 0.409. The molecule has 5 atom stereocenters. The highest BCUT2D eigenvalue weighted by atomic mass is 35.5. The second kappa shape index (κ2) is 8.84. The van der Waals surface area contributed by atoms with Gasteiger partial charge in [-0.25, -0.2) is 21.6 Å². The highest BCUT2D eigenvalue weighted by Crippen LogP contribution is 2.54. The summed E-state index contributed by atoms with van der Waals surface area (Å²) in [5, 5.41) is 1.40. The Balaban J connectivity index is 1.41. The molecule has 35 heavy (non-hydrogen) atoms. The van der Waals surface area contributed by atoms with Gasteiger partial charge in [-0.1, -0.05) is 11.6 Å². The first-order chi connectivity index (χ1) is 16.5. The van der Waals surface area contributed by atoms with Crippen molar-refractivity contribution >= 4 is 44.4 Å². The highest BCUT2D eigenvalue weighted by molar-refractivity contribution is 7.92. The average Bonchev–Trinajstić information content (AvgIpc) is 3.29. The molecule has 3 aliphatic rings. The Hall–Kier alpha value is -1.99. The van der Waals surface area contributed by atoms with Crippen LogP contribution in [-0.4, -0.2) is 36.0 Å². The van der Waals surface area contributed by atoms with Gasteiger partial charge in [0.1, 0.15) is 5.60 Å². The van der Waals surface area contributed by atoms with Crippen molar-refractivity contribution in [2.24, 2.45) is 11.8 Å². The zero-order valence-electron chi connectivity index (χ0n) is 17.9. The number of fused-ring (bicyclic) bond motifs is 2. The minimum absolute atomic E-state index is 0.0679. The number of amides is 1. The molecule has 1 heterocycles. The third-order valence-electron chi connectivity index (χ3n) is 6.87. The van der Waals surface area contributed by atoms with Crippen molar-refractivity contribution in [3.8, 4) is 0 Å². The van der Waals surface area contributed by atoms with Crippen molar-refractivity contribution in [2.45, 2.75) is 41.4 Å². The van der Waals surface area contributed by atoms with E-state index in [-0.39, 0.29) is 39.6 Å². The summed E-state index contributed by atoms with van der Waals surface area (Å²) >= 11 is 4.40. The monoisotopic (exact) mass is 549 g/mol. The van der Waals surface area contributed by atoms with Crippen LogP contribution in [0.4, 0.5) is 18.9 Å². The minimum atomic E-state index is -3.99. The molecule has 188 valence electrons. The summed E-state index contributed by atoms with van der Waals surface area (Å²) in [5.74, 6) is -6.02. The molecule has 2 saturated carbocycles. The number of halogens is 4. The zero-order chi connectivity index (χ0) is 25.1. The van der Waals surface area contributed by atoms with Crippen LogP contribution in [0.15, 0.2) is 35.2 Å². The molecule has 1 aliphatic heterocycles. The van der Waals surface area contributed by atoms with Gasteiger partial charge >= 0.3 is 11.4 Å². The lowest BCUT2D eigenvalue weighted by Gasteiger charge is -2.39. The minimum Gasteiger partial charge on any atom is -0.322 e. The van der Waals surface area contributed by atoms with Crippen molar-refractivity contribution < 1.29 is 39.0 Å². The summed E-state index contributed by atoms with van der Waals surface area (Å²) in [4.78, 5) is 12.5. The lowest BCUT2D eigenvalue weighted by Crippen LogP contribution is -2.47. The van der Waals surface area contributed by atoms with E-state index in [1.807, 2.05) is 0 Å². The van der Waals surface area contributed by atoms with Gasteiger partial charge in [-0.3, -0.25) is 13.2 Å². The Labute approximate surface area is 206 Å². The van der Waals surface area contributed by atoms with Gasteiger partial charge in [0, 0.05) is 23.4 Å². The lowest BCUT2D eigenvalue weighted by atomic mass is 9.77. The second-order valence-corrected chi connectivity index (χ2v) is 12.4. The van der Waals surface area contributed by atoms with Gasteiger partial charge in [0.15, 0.2) is 27.3 Å². The van der Waals surface area contributed by atoms with Crippen LogP contribution < -0.4 is 5.32 Å². The molecule has 0 aromatic heterocycles. The largest absolute Gasteiger partial charge is 0.322 e. The molecule has 0 radical (unpaired) electrons. The van der Waals surface area contributed by atoms with E-state index < -0.39 is 55.4 Å². The summed E-state index contributed by atoms with van der Waals surface area (Å²) < 4.78 is 89.8. The van der Waals surface area contributed by atoms with Crippen molar-refractivity contribution in [3.63, 3.8) is 0 Å². The van der Waals surface area contributed by atoms with Gasteiger partial charge in [-0.15, -0.1) is 0 Å². The van der Waals surface area contributed by atoms with E-state index in [9.17, 15) is 30.6 Å². The standard InChI is InChI=1S/C22H19ClF3NO6S2/c23-15-4-3-11(21(28)27-14-6-16(24)19(26)17(25)7-14)5-18(15)35(30,31)20-12-1-2-13(20)9-22(8-12)10-32-34(29)33-22/h3-7,12-13,20H,1-2,8-10H2,(H,27,28)/t12-,13?,20?,22?,34?/m0/s1. The first-order valence-corrected chi connectivity index (χ1v) is 13.7. The molecule has 2 aromatic carbocycles. The number of sulfone groups is 1. The molecule has 5 rings (SSSR count). The SMILES string of the molecule is O=C(Nc1cc(F)c(F)c(F)c1)c1ccc(Cl)c(S(=O)(=O)C2C3CC[C@H]2CC2(COS(=O)O2)C3)c1.